The first-order valence-corrected chi connectivity index (χ1v) is 7.89. The Kier molecular flexibility index (Phi) is 6.57. The van der Waals surface area contributed by atoms with Gasteiger partial charge in [-0.3, -0.25) is 0 Å². The Balaban J connectivity index is 1.45. The monoisotopic (exact) mass is 270 g/mol. The van der Waals surface area contributed by atoms with E-state index >= 15 is 0 Å². The second kappa shape index (κ2) is 8.20. The Morgan fingerprint density at radius 1 is 1.26 bits per heavy atom. The molecule has 0 bridgehead atoms. The largest absolute Gasteiger partial charge is 0.381 e. The molecule has 2 aliphatic heterocycles. The van der Waals surface area contributed by atoms with Gasteiger partial charge >= 0.3 is 0 Å². The van der Waals surface area contributed by atoms with Gasteiger partial charge < -0.3 is 20.1 Å². The van der Waals surface area contributed by atoms with E-state index in [4.69, 9.17) is 9.47 Å². The van der Waals surface area contributed by atoms with Gasteiger partial charge in [0.1, 0.15) is 0 Å². The third-order valence-electron chi connectivity index (χ3n) is 4.39. The second-order valence-electron chi connectivity index (χ2n) is 6.27. The lowest BCUT2D eigenvalue weighted by molar-refractivity contribution is 0.0211. The first kappa shape index (κ1) is 15.2. The molecule has 0 unspecified atom stereocenters. The van der Waals surface area contributed by atoms with E-state index in [0.717, 1.165) is 52.4 Å². The van der Waals surface area contributed by atoms with E-state index in [-0.39, 0.29) is 0 Å². The van der Waals surface area contributed by atoms with Crippen molar-refractivity contribution in [2.45, 2.75) is 45.1 Å². The minimum atomic E-state index is 0.439. The van der Waals surface area contributed by atoms with E-state index in [2.05, 4.69) is 17.6 Å². The van der Waals surface area contributed by atoms with Crippen LogP contribution in [-0.2, 0) is 9.47 Å². The van der Waals surface area contributed by atoms with Gasteiger partial charge in [-0.1, -0.05) is 6.92 Å². The highest BCUT2D eigenvalue weighted by molar-refractivity contribution is 4.79. The Morgan fingerprint density at radius 2 is 2.00 bits per heavy atom. The van der Waals surface area contributed by atoms with Crippen molar-refractivity contribution in [3.63, 3.8) is 0 Å². The standard InChI is InChI=1S/C15H30N2O2/c1-15(5-11-18-12-6-15)13-17-7-2-10-19-14-3-8-16-9-4-14/h14,16-17H,2-13H2,1H3. The third kappa shape index (κ3) is 5.78. The normalized spacial score (nSPS) is 24.5. The van der Waals surface area contributed by atoms with Crippen LogP contribution in [0.5, 0.6) is 0 Å². The third-order valence-corrected chi connectivity index (χ3v) is 4.39. The highest BCUT2D eigenvalue weighted by Gasteiger charge is 2.26. The number of hydrogen-bond acceptors (Lipinski definition) is 4. The number of nitrogens with one attached hydrogen (secondary N) is 2. The summed E-state index contributed by atoms with van der Waals surface area (Å²) in [6.45, 7) is 9.54. The molecular formula is C15H30N2O2. The zero-order chi connectivity index (χ0) is 13.4. The van der Waals surface area contributed by atoms with E-state index < -0.39 is 0 Å². The molecule has 2 rings (SSSR count). The van der Waals surface area contributed by atoms with Crippen molar-refractivity contribution in [1.82, 2.24) is 10.6 Å². The summed E-state index contributed by atoms with van der Waals surface area (Å²) in [5.74, 6) is 0. The van der Waals surface area contributed by atoms with Crippen LogP contribution in [0.25, 0.3) is 0 Å². The van der Waals surface area contributed by atoms with Crippen molar-refractivity contribution in [1.29, 1.82) is 0 Å². The minimum absolute atomic E-state index is 0.439. The van der Waals surface area contributed by atoms with E-state index in [9.17, 15) is 0 Å². The van der Waals surface area contributed by atoms with Crippen LogP contribution in [0.4, 0.5) is 0 Å². The van der Waals surface area contributed by atoms with Gasteiger partial charge in [0.05, 0.1) is 6.10 Å². The number of hydrogen-bond donors (Lipinski definition) is 2. The van der Waals surface area contributed by atoms with Crippen LogP contribution in [-0.4, -0.2) is 52.1 Å². The summed E-state index contributed by atoms with van der Waals surface area (Å²) in [7, 11) is 0. The maximum atomic E-state index is 5.90. The molecule has 0 aromatic heterocycles. The Bertz CT molecular complexity index is 236. The molecule has 2 heterocycles. The molecule has 0 spiro atoms. The molecule has 2 fully saturated rings. The first-order valence-electron chi connectivity index (χ1n) is 7.89. The smallest absolute Gasteiger partial charge is 0.0599 e. The highest BCUT2D eigenvalue weighted by atomic mass is 16.5. The van der Waals surface area contributed by atoms with Crippen LogP contribution in [0.2, 0.25) is 0 Å². The topological polar surface area (TPSA) is 42.5 Å². The second-order valence-corrected chi connectivity index (χ2v) is 6.27. The fourth-order valence-electron chi connectivity index (χ4n) is 2.84. The summed E-state index contributed by atoms with van der Waals surface area (Å²) in [5.41, 5.74) is 0.439. The van der Waals surface area contributed by atoms with E-state index in [1.807, 2.05) is 0 Å². The predicted octanol–water partition coefficient (Wildman–Crippen LogP) is 1.55. The van der Waals surface area contributed by atoms with Gasteiger partial charge in [-0.15, -0.1) is 0 Å². The van der Waals surface area contributed by atoms with Gasteiger partial charge in [0.25, 0.3) is 0 Å². The molecule has 0 aliphatic carbocycles. The maximum Gasteiger partial charge on any atom is 0.0599 e. The molecule has 2 saturated heterocycles. The lowest BCUT2D eigenvalue weighted by Gasteiger charge is -2.33. The Hall–Kier alpha value is -0.160. The fraction of sp³-hybridized carbons (Fsp3) is 1.00. The molecule has 4 nitrogen and oxygen atoms in total. The summed E-state index contributed by atoms with van der Waals surface area (Å²) in [6, 6.07) is 0. The van der Waals surface area contributed by atoms with Crippen molar-refractivity contribution in [3.8, 4) is 0 Å². The van der Waals surface area contributed by atoms with Gasteiger partial charge in [0.15, 0.2) is 0 Å². The summed E-state index contributed by atoms with van der Waals surface area (Å²) in [4.78, 5) is 0. The summed E-state index contributed by atoms with van der Waals surface area (Å²) < 4.78 is 11.3. The molecule has 112 valence electrons. The molecule has 0 amide bonds. The first-order chi connectivity index (χ1) is 9.29. The van der Waals surface area contributed by atoms with Crippen LogP contribution in [0, 0.1) is 5.41 Å². The zero-order valence-electron chi connectivity index (χ0n) is 12.4. The van der Waals surface area contributed by atoms with Crippen molar-refractivity contribution < 1.29 is 9.47 Å². The zero-order valence-corrected chi connectivity index (χ0v) is 12.4. The van der Waals surface area contributed by atoms with Crippen molar-refractivity contribution >= 4 is 0 Å². The maximum absolute atomic E-state index is 5.90. The summed E-state index contributed by atoms with van der Waals surface area (Å²) in [5, 5.41) is 6.95. The number of ether oxygens (including phenoxy) is 2. The van der Waals surface area contributed by atoms with Crippen LogP contribution in [0.3, 0.4) is 0 Å². The summed E-state index contributed by atoms with van der Waals surface area (Å²) >= 11 is 0. The van der Waals surface area contributed by atoms with Gasteiger partial charge in [-0.05, 0) is 57.2 Å². The lowest BCUT2D eigenvalue weighted by atomic mass is 9.82. The van der Waals surface area contributed by atoms with Crippen molar-refractivity contribution in [2.24, 2.45) is 5.41 Å². The van der Waals surface area contributed by atoms with E-state index in [0.29, 0.717) is 11.5 Å². The Labute approximate surface area is 117 Å². The summed E-state index contributed by atoms with van der Waals surface area (Å²) in [6.07, 6.45) is 6.33. The van der Waals surface area contributed by atoms with E-state index in [1.54, 1.807) is 0 Å². The molecular weight excluding hydrogens is 240 g/mol. The molecule has 4 heteroatoms. The number of piperidine rings is 1. The quantitative estimate of drug-likeness (QED) is 0.689. The van der Waals surface area contributed by atoms with Gasteiger partial charge in [0, 0.05) is 26.4 Å². The predicted molar refractivity (Wildman–Crippen MR) is 77.5 cm³/mol. The SMILES string of the molecule is CC1(CNCCCOC2CCNCC2)CCOCC1. The van der Waals surface area contributed by atoms with Crippen LogP contribution in [0.1, 0.15) is 39.0 Å². The van der Waals surface area contributed by atoms with Crippen molar-refractivity contribution in [3.05, 3.63) is 0 Å². The fourth-order valence-corrected chi connectivity index (χ4v) is 2.84. The molecule has 19 heavy (non-hydrogen) atoms. The molecule has 2 aliphatic rings. The highest BCUT2D eigenvalue weighted by Crippen LogP contribution is 2.28. The van der Waals surface area contributed by atoms with Crippen LogP contribution >= 0.6 is 0 Å². The molecule has 0 atom stereocenters. The van der Waals surface area contributed by atoms with Crippen molar-refractivity contribution in [2.75, 3.05) is 46.0 Å². The van der Waals surface area contributed by atoms with Gasteiger partial charge in [-0.25, -0.2) is 0 Å². The van der Waals surface area contributed by atoms with Gasteiger partial charge in [0.2, 0.25) is 0 Å². The van der Waals surface area contributed by atoms with Crippen LogP contribution < -0.4 is 10.6 Å². The van der Waals surface area contributed by atoms with E-state index in [1.165, 1.54) is 25.7 Å². The van der Waals surface area contributed by atoms with Gasteiger partial charge in [-0.2, -0.15) is 0 Å². The molecule has 0 aromatic rings. The minimum Gasteiger partial charge on any atom is -0.381 e. The molecule has 0 saturated carbocycles. The molecule has 0 radical (unpaired) electrons. The lowest BCUT2D eigenvalue weighted by Crippen LogP contribution is -2.37. The average Bonchev–Trinajstić information content (AvgIpc) is 2.44. The average molecular weight is 270 g/mol. The molecule has 2 N–H and O–H groups in total. The van der Waals surface area contributed by atoms with Crippen LogP contribution in [0.15, 0.2) is 0 Å². The molecule has 0 aromatic carbocycles. The Morgan fingerprint density at radius 3 is 2.74 bits per heavy atom. The number of rotatable bonds is 7.